The molecule has 9 nitrogen and oxygen atoms in total. The van der Waals surface area contributed by atoms with E-state index in [1.54, 1.807) is 24.3 Å². The number of halogens is 1. The number of carbonyl (C=O) groups excluding carboxylic acids is 1. The van der Waals surface area contributed by atoms with Gasteiger partial charge in [-0.2, -0.15) is 4.98 Å². The molecule has 2 amide bonds. The van der Waals surface area contributed by atoms with Gasteiger partial charge in [-0.05, 0) is 18.2 Å². The number of hydrogen-bond acceptors (Lipinski definition) is 7. The van der Waals surface area contributed by atoms with Gasteiger partial charge in [-0.1, -0.05) is 6.07 Å². The second-order valence-corrected chi connectivity index (χ2v) is 3.92. The standard InChI is InChI=1S/C11H13FN8O/c12-8-5-16-10(18-9(8)13)17-6-2-1-3-7(4-6)20(15)11(21)19-14/h1-5H,14-15H2,(H,19,21)(H3,13,16,17,18). The molecule has 0 spiro atoms. The van der Waals surface area contributed by atoms with Gasteiger partial charge in [0.1, 0.15) is 0 Å². The third kappa shape index (κ3) is 3.32. The van der Waals surface area contributed by atoms with Crippen LogP contribution < -0.4 is 33.2 Å². The molecule has 1 heterocycles. The smallest absolute Gasteiger partial charge is 0.350 e. The summed E-state index contributed by atoms with van der Waals surface area (Å²) in [4.78, 5) is 18.8. The van der Waals surface area contributed by atoms with Crippen molar-refractivity contribution in [2.75, 3.05) is 16.1 Å². The van der Waals surface area contributed by atoms with Crippen LogP contribution in [0, 0.1) is 5.82 Å². The third-order valence-corrected chi connectivity index (χ3v) is 2.49. The van der Waals surface area contributed by atoms with E-state index < -0.39 is 11.8 Å². The van der Waals surface area contributed by atoms with E-state index in [-0.39, 0.29) is 11.8 Å². The lowest BCUT2D eigenvalue weighted by atomic mass is 10.2. The first kappa shape index (κ1) is 14.4. The van der Waals surface area contributed by atoms with Gasteiger partial charge >= 0.3 is 6.03 Å². The van der Waals surface area contributed by atoms with Crippen LogP contribution in [-0.2, 0) is 0 Å². The average Bonchev–Trinajstić information content (AvgIpc) is 2.49. The Morgan fingerprint density at radius 2 is 2.14 bits per heavy atom. The predicted octanol–water partition coefficient (Wildman–Crippen LogP) is 0.205. The van der Waals surface area contributed by atoms with Crippen molar-refractivity contribution in [1.82, 2.24) is 15.4 Å². The van der Waals surface area contributed by atoms with Gasteiger partial charge in [0.05, 0.1) is 11.9 Å². The number of aromatic nitrogens is 2. The molecular weight excluding hydrogens is 279 g/mol. The molecule has 0 aliphatic rings. The summed E-state index contributed by atoms with van der Waals surface area (Å²) in [5.74, 6) is 9.70. The molecule has 8 N–H and O–H groups in total. The Morgan fingerprint density at radius 3 is 2.81 bits per heavy atom. The number of rotatable bonds is 3. The summed E-state index contributed by atoms with van der Waals surface area (Å²) < 4.78 is 13.0. The summed E-state index contributed by atoms with van der Waals surface area (Å²) in [5.41, 5.74) is 8.15. The van der Waals surface area contributed by atoms with Crippen molar-refractivity contribution in [3.05, 3.63) is 36.3 Å². The van der Waals surface area contributed by atoms with Gasteiger partial charge in [0, 0.05) is 5.69 Å². The van der Waals surface area contributed by atoms with Crippen molar-refractivity contribution in [2.45, 2.75) is 0 Å². The Labute approximate surface area is 118 Å². The van der Waals surface area contributed by atoms with Crippen molar-refractivity contribution in [3.63, 3.8) is 0 Å². The Hall–Kier alpha value is -2.98. The molecule has 0 atom stereocenters. The molecule has 21 heavy (non-hydrogen) atoms. The monoisotopic (exact) mass is 292 g/mol. The number of nitrogens with two attached hydrogens (primary N) is 3. The molecule has 0 radical (unpaired) electrons. The van der Waals surface area contributed by atoms with Gasteiger partial charge in [-0.15, -0.1) is 0 Å². The van der Waals surface area contributed by atoms with E-state index in [1.807, 2.05) is 5.43 Å². The fourth-order valence-electron chi connectivity index (χ4n) is 1.49. The van der Waals surface area contributed by atoms with E-state index in [2.05, 4.69) is 15.3 Å². The molecule has 2 aromatic rings. The summed E-state index contributed by atoms with van der Waals surface area (Å²) in [5, 5.41) is 3.63. The van der Waals surface area contributed by atoms with Crippen LogP contribution in [0.2, 0.25) is 0 Å². The number of anilines is 4. The second-order valence-electron chi connectivity index (χ2n) is 3.92. The van der Waals surface area contributed by atoms with E-state index in [0.717, 1.165) is 11.2 Å². The second kappa shape index (κ2) is 5.98. The Bertz CT molecular complexity index is 664. The number of hydrogen-bond donors (Lipinski definition) is 5. The van der Waals surface area contributed by atoms with Crippen LogP contribution in [0.15, 0.2) is 30.5 Å². The first-order chi connectivity index (χ1) is 10.0. The lowest BCUT2D eigenvalue weighted by Gasteiger charge is -2.16. The molecule has 0 unspecified atom stereocenters. The minimum atomic E-state index is -0.706. The van der Waals surface area contributed by atoms with Crippen molar-refractivity contribution >= 4 is 29.2 Å². The van der Waals surface area contributed by atoms with E-state index in [4.69, 9.17) is 17.4 Å². The van der Waals surface area contributed by atoms with Crippen molar-refractivity contribution in [1.29, 1.82) is 0 Å². The summed E-state index contributed by atoms with van der Waals surface area (Å²) in [6.45, 7) is 0. The maximum absolute atomic E-state index is 13.0. The minimum absolute atomic E-state index is 0.109. The van der Waals surface area contributed by atoms with Crippen LogP contribution in [0.1, 0.15) is 0 Å². The molecule has 0 aliphatic carbocycles. The Balaban J connectivity index is 2.21. The van der Waals surface area contributed by atoms with Crippen LogP contribution in [0.25, 0.3) is 0 Å². The van der Waals surface area contributed by atoms with Crippen LogP contribution in [0.5, 0.6) is 0 Å². The first-order valence-corrected chi connectivity index (χ1v) is 5.71. The van der Waals surface area contributed by atoms with Crippen LogP contribution in [-0.4, -0.2) is 16.0 Å². The van der Waals surface area contributed by atoms with E-state index in [1.165, 1.54) is 0 Å². The number of carbonyl (C=O) groups is 1. The molecule has 1 aromatic carbocycles. The quantitative estimate of drug-likeness (QED) is 0.308. The number of nitrogens with one attached hydrogen (secondary N) is 2. The topological polar surface area (TPSA) is 148 Å². The van der Waals surface area contributed by atoms with Gasteiger partial charge in [-0.25, -0.2) is 30.9 Å². The molecule has 1 aromatic heterocycles. The van der Waals surface area contributed by atoms with Crippen LogP contribution in [0.3, 0.4) is 0 Å². The molecule has 0 bridgehead atoms. The molecule has 0 fully saturated rings. The molecule has 10 heteroatoms. The van der Waals surface area contributed by atoms with E-state index in [9.17, 15) is 9.18 Å². The highest BCUT2D eigenvalue weighted by molar-refractivity contribution is 5.90. The predicted molar refractivity (Wildman–Crippen MR) is 75.5 cm³/mol. The average molecular weight is 292 g/mol. The number of nitrogens with zero attached hydrogens (tertiary/aromatic N) is 3. The molecule has 0 saturated carbocycles. The third-order valence-electron chi connectivity index (χ3n) is 2.49. The SMILES string of the molecule is NNC(=O)N(N)c1cccc(Nc2ncc(F)c(N)n2)c1. The molecular formula is C11H13FN8O. The Kier molecular flexibility index (Phi) is 4.11. The molecule has 2 rings (SSSR count). The van der Waals surface area contributed by atoms with Gasteiger partial charge in [-0.3, -0.25) is 5.43 Å². The highest BCUT2D eigenvalue weighted by atomic mass is 19.1. The number of hydrazine groups is 2. The number of benzene rings is 1. The van der Waals surface area contributed by atoms with E-state index in [0.29, 0.717) is 11.4 Å². The zero-order valence-corrected chi connectivity index (χ0v) is 10.7. The summed E-state index contributed by atoms with van der Waals surface area (Å²) in [6, 6.07) is 5.79. The van der Waals surface area contributed by atoms with Crippen molar-refractivity contribution < 1.29 is 9.18 Å². The fraction of sp³-hybridized carbons (Fsp3) is 0. The van der Waals surface area contributed by atoms with Gasteiger partial charge in [0.15, 0.2) is 11.6 Å². The highest BCUT2D eigenvalue weighted by Gasteiger charge is 2.10. The maximum atomic E-state index is 13.0. The van der Waals surface area contributed by atoms with Crippen LogP contribution >= 0.6 is 0 Å². The lowest BCUT2D eigenvalue weighted by Crippen LogP contribution is -2.47. The largest absolute Gasteiger partial charge is 0.381 e. The zero-order valence-electron chi connectivity index (χ0n) is 10.7. The lowest BCUT2D eigenvalue weighted by molar-refractivity contribution is 0.246. The normalized spacial score (nSPS) is 10.0. The summed E-state index contributed by atoms with van der Waals surface area (Å²) in [7, 11) is 0. The Morgan fingerprint density at radius 1 is 1.38 bits per heavy atom. The summed E-state index contributed by atoms with van der Waals surface area (Å²) in [6.07, 6.45) is 0.950. The molecule has 0 aliphatic heterocycles. The maximum Gasteiger partial charge on any atom is 0.350 e. The van der Waals surface area contributed by atoms with Gasteiger partial charge in [0.2, 0.25) is 5.95 Å². The summed E-state index contributed by atoms with van der Waals surface area (Å²) >= 11 is 0. The first-order valence-electron chi connectivity index (χ1n) is 5.71. The van der Waals surface area contributed by atoms with Crippen molar-refractivity contribution in [3.8, 4) is 0 Å². The molecule has 110 valence electrons. The number of nitrogen functional groups attached to an aromatic ring is 1. The minimum Gasteiger partial charge on any atom is -0.381 e. The zero-order chi connectivity index (χ0) is 15.4. The van der Waals surface area contributed by atoms with Gasteiger partial charge < -0.3 is 11.1 Å². The fourth-order valence-corrected chi connectivity index (χ4v) is 1.49. The van der Waals surface area contributed by atoms with E-state index >= 15 is 0 Å². The van der Waals surface area contributed by atoms with Crippen LogP contribution in [0.4, 0.5) is 32.3 Å². The van der Waals surface area contributed by atoms with Gasteiger partial charge in [0.25, 0.3) is 0 Å². The number of urea groups is 1. The molecule has 0 saturated heterocycles. The van der Waals surface area contributed by atoms with Crippen molar-refractivity contribution in [2.24, 2.45) is 11.7 Å². The number of amides is 2. The highest BCUT2D eigenvalue weighted by Crippen LogP contribution is 2.20.